The summed E-state index contributed by atoms with van der Waals surface area (Å²) in [5.74, 6) is -1.67. The summed E-state index contributed by atoms with van der Waals surface area (Å²) in [6.07, 6.45) is 2.19. The van der Waals surface area contributed by atoms with Crippen LogP contribution in [0.5, 0.6) is 0 Å². The Morgan fingerprint density at radius 2 is 2.21 bits per heavy atom. The minimum Gasteiger partial charge on any atom is -0.330 e. The molecule has 1 aromatic heterocycles. The van der Waals surface area contributed by atoms with Crippen molar-refractivity contribution in [2.75, 3.05) is 13.6 Å². The number of nitrogens with zero attached hydrogens (tertiary/aromatic N) is 2. The summed E-state index contributed by atoms with van der Waals surface area (Å²) >= 11 is 5.23. The molecule has 6 heteroatoms. The minimum atomic E-state index is -0.838. The smallest absolute Gasteiger partial charge is 0.184 e. The van der Waals surface area contributed by atoms with Gasteiger partial charge in [-0.2, -0.15) is 0 Å². The van der Waals surface area contributed by atoms with E-state index in [2.05, 4.69) is 9.88 Å². The first-order chi connectivity index (χ1) is 9.08. The van der Waals surface area contributed by atoms with Crippen LogP contribution in [-0.2, 0) is 6.54 Å². The highest BCUT2D eigenvalue weighted by atomic mass is 32.1. The van der Waals surface area contributed by atoms with Crippen LogP contribution in [0.25, 0.3) is 11.0 Å². The quantitative estimate of drug-likeness (QED) is 0.856. The van der Waals surface area contributed by atoms with E-state index in [9.17, 15) is 8.78 Å². The Morgan fingerprint density at radius 1 is 1.42 bits per heavy atom. The Morgan fingerprint density at radius 3 is 2.89 bits per heavy atom. The van der Waals surface area contributed by atoms with E-state index in [1.165, 1.54) is 6.07 Å². The third kappa shape index (κ3) is 2.08. The molecule has 0 saturated carbocycles. The zero-order valence-corrected chi connectivity index (χ0v) is 11.4. The van der Waals surface area contributed by atoms with Crippen molar-refractivity contribution in [1.29, 1.82) is 0 Å². The number of likely N-dealkylation sites (N-methyl/N-ethyl adjacent to an activating group) is 1. The van der Waals surface area contributed by atoms with E-state index in [1.54, 1.807) is 4.57 Å². The minimum absolute atomic E-state index is 0.241. The monoisotopic (exact) mass is 283 g/mol. The first-order valence-corrected chi connectivity index (χ1v) is 6.75. The Bertz CT molecular complexity index is 676. The average molecular weight is 283 g/mol. The lowest BCUT2D eigenvalue weighted by Crippen LogP contribution is -2.29. The van der Waals surface area contributed by atoms with Crippen molar-refractivity contribution in [2.45, 2.75) is 25.4 Å². The van der Waals surface area contributed by atoms with Crippen molar-refractivity contribution in [1.82, 2.24) is 14.5 Å². The maximum absolute atomic E-state index is 14.0. The van der Waals surface area contributed by atoms with Crippen molar-refractivity contribution in [2.24, 2.45) is 0 Å². The molecule has 0 aliphatic carbocycles. The maximum atomic E-state index is 14.0. The summed E-state index contributed by atoms with van der Waals surface area (Å²) in [5.41, 5.74) is 0.787. The summed E-state index contributed by atoms with van der Waals surface area (Å²) in [4.78, 5) is 5.17. The number of halogens is 2. The number of likely N-dealkylation sites (tertiary alicyclic amines) is 1. The van der Waals surface area contributed by atoms with Gasteiger partial charge < -0.3 is 14.5 Å². The van der Waals surface area contributed by atoms with Gasteiger partial charge in [0.05, 0.1) is 5.52 Å². The van der Waals surface area contributed by atoms with Crippen molar-refractivity contribution < 1.29 is 8.78 Å². The molecule has 0 bridgehead atoms. The molecule has 2 heterocycles. The van der Waals surface area contributed by atoms with Crippen LogP contribution in [0.15, 0.2) is 12.1 Å². The van der Waals surface area contributed by atoms with E-state index >= 15 is 0 Å². The van der Waals surface area contributed by atoms with E-state index in [1.807, 2.05) is 7.05 Å². The Labute approximate surface area is 114 Å². The van der Waals surface area contributed by atoms with Gasteiger partial charge in [0, 0.05) is 12.6 Å². The standard InChI is InChI=1S/C13H15F2N3S/c1-17-6-2-3-8(17)7-18-12-10(16-13(18)19)5-4-9(14)11(12)15/h4-5,8H,2-3,6-7H2,1H3,(H,16,19). The highest BCUT2D eigenvalue weighted by molar-refractivity contribution is 7.71. The number of fused-ring (bicyclic) bond motifs is 1. The number of imidazole rings is 1. The van der Waals surface area contributed by atoms with Crippen LogP contribution < -0.4 is 0 Å². The Balaban J connectivity index is 2.09. The predicted molar refractivity (Wildman–Crippen MR) is 72.7 cm³/mol. The zero-order valence-electron chi connectivity index (χ0n) is 10.6. The first-order valence-electron chi connectivity index (χ1n) is 6.34. The molecule has 102 valence electrons. The van der Waals surface area contributed by atoms with Crippen LogP contribution in [0.1, 0.15) is 12.8 Å². The molecule has 1 fully saturated rings. The number of nitrogens with one attached hydrogen (secondary N) is 1. The van der Waals surface area contributed by atoms with Gasteiger partial charge in [-0.3, -0.25) is 0 Å². The van der Waals surface area contributed by atoms with E-state index in [4.69, 9.17) is 12.2 Å². The van der Waals surface area contributed by atoms with Gasteiger partial charge in [-0.25, -0.2) is 8.78 Å². The van der Waals surface area contributed by atoms with Gasteiger partial charge in [-0.05, 0) is 50.8 Å². The normalized spacial score (nSPS) is 20.5. The molecule has 19 heavy (non-hydrogen) atoms. The van der Waals surface area contributed by atoms with Crippen molar-refractivity contribution in [3.8, 4) is 0 Å². The molecule has 0 spiro atoms. The predicted octanol–water partition coefficient (Wildman–Crippen LogP) is 3.07. The van der Waals surface area contributed by atoms with Gasteiger partial charge >= 0.3 is 0 Å². The second kappa shape index (κ2) is 4.68. The molecule has 2 aromatic rings. The Hall–Kier alpha value is -1.27. The number of H-pyrrole nitrogens is 1. The highest BCUT2D eigenvalue weighted by Crippen LogP contribution is 2.23. The van der Waals surface area contributed by atoms with E-state index in [0.717, 1.165) is 25.5 Å². The van der Waals surface area contributed by atoms with Crippen molar-refractivity contribution in [3.05, 3.63) is 28.5 Å². The van der Waals surface area contributed by atoms with Gasteiger partial charge in [0.2, 0.25) is 0 Å². The van der Waals surface area contributed by atoms with Crippen LogP contribution >= 0.6 is 12.2 Å². The maximum Gasteiger partial charge on any atom is 0.184 e. The average Bonchev–Trinajstić information content (AvgIpc) is 2.91. The second-order valence-corrected chi connectivity index (χ2v) is 5.46. The fraction of sp³-hybridized carbons (Fsp3) is 0.462. The molecule has 0 amide bonds. The van der Waals surface area contributed by atoms with Crippen molar-refractivity contribution in [3.63, 3.8) is 0 Å². The molecule has 3 nitrogen and oxygen atoms in total. The topological polar surface area (TPSA) is 24.0 Å². The molecular weight excluding hydrogens is 268 g/mol. The molecule has 1 aliphatic heterocycles. The number of aromatic nitrogens is 2. The van der Waals surface area contributed by atoms with E-state index in [-0.39, 0.29) is 5.52 Å². The largest absolute Gasteiger partial charge is 0.330 e. The summed E-state index contributed by atoms with van der Waals surface area (Å²) in [5, 5.41) is 0. The lowest BCUT2D eigenvalue weighted by molar-refractivity contribution is 0.283. The van der Waals surface area contributed by atoms with E-state index < -0.39 is 11.6 Å². The fourth-order valence-electron chi connectivity index (χ4n) is 2.78. The van der Waals surface area contributed by atoms with Crippen LogP contribution in [0.3, 0.4) is 0 Å². The zero-order chi connectivity index (χ0) is 13.6. The second-order valence-electron chi connectivity index (χ2n) is 5.07. The summed E-state index contributed by atoms with van der Waals surface area (Å²) in [7, 11) is 2.05. The van der Waals surface area contributed by atoms with Crippen LogP contribution in [0.4, 0.5) is 8.78 Å². The van der Waals surface area contributed by atoms with Gasteiger partial charge in [0.15, 0.2) is 16.4 Å². The van der Waals surface area contributed by atoms with Crippen molar-refractivity contribution >= 4 is 23.3 Å². The van der Waals surface area contributed by atoms with Gasteiger partial charge in [-0.1, -0.05) is 0 Å². The van der Waals surface area contributed by atoms with E-state index in [0.29, 0.717) is 22.9 Å². The highest BCUT2D eigenvalue weighted by Gasteiger charge is 2.23. The van der Waals surface area contributed by atoms with Crippen LogP contribution in [0.2, 0.25) is 0 Å². The Kier molecular flexibility index (Phi) is 3.14. The fourth-order valence-corrected chi connectivity index (χ4v) is 3.06. The first kappa shape index (κ1) is 12.7. The number of rotatable bonds is 2. The molecule has 0 radical (unpaired) electrons. The molecule has 3 rings (SSSR count). The molecule has 1 N–H and O–H groups in total. The molecule has 1 atom stereocenters. The van der Waals surface area contributed by atoms with Gasteiger partial charge in [-0.15, -0.1) is 0 Å². The number of hydrogen-bond acceptors (Lipinski definition) is 2. The van der Waals surface area contributed by atoms with Gasteiger partial charge in [0.25, 0.3) is 0 Å². The lowest BCUT2D eigenvalue weighted by atomic mass is 10.2. The van der Waals surface area contributed by atoms with Gasteiger partial charge in [0.1, 0.15) is 5.52 Å². The van der Waals surface area contributed by atoms with Crippen LogP contribution in [-0.4, -0.2) is 34.1 Å². The number of hydrogen-bond donors (Lipinski definition) is 1. The third-order valence-electron chi connectivity index (χ3n) is 3.89. The molecule has 1 unspecified atom stereocenters. The van der Waals surface area contributed by atoms with Crippen LogP contribution in [0, 0.1) is 16.4 Å². The summed E-state index contributed by atoms with van der Waals surface area (Å²) in [6.45, 7) is 1.63. The number of aromatic amines is 1. The summed E-state index contributed by atoms with van der Waals surface area (Å²) in [6, 6.07) is 2.97. The molecule has 1 aliphatic rings. The third-order valence-corrected chi connectivity index (χ3v) is 4.21. The lowest BCUT2D eigenvalue weighted by Gasteiger charge is -2.20. The summed E-state index contributed by atoms with van der Waals surface area (Å²) < 4.78 is 29.5. The number of benzene rings is 1. The molecular formula is C13H15F2N3S. The molecule has 1 aromatic carbocycles. The SMILES string of the molecule is CN1CCCC1Cn1c(=S)[nH]c2ccc(F)c(F)c21. The molecule has 1 saturated heterocycles.